The fraction of sp³-hybridized carbons (Fsp3) is 0.350. The maximum absolute atomic E-state index is 11.2. The summed E-state index contributed by atoms with van der Waals surface area (Å²) >= 11 is 0. The molecule has 0 radical (unpaired) electrons. The number of carbonyl (C=O) groups is 1. The number of dihydropyridines is 1. The first kappa shape index (κ1) is 18.1. The Morgan fingerprint density at radius 1 is 1.31 bits per heavy atom. The van der Waals surface area contributed by atoms with Gasteiger partial charge in [0.05, 0.1) is 17.8 Å². The molecule has 2 atom stereocenters. The quantitative estimate of drug-likeness (QED) is 0.770. The van der Waals surface area contributed by atoms with Crippen molar-refractivity contribution in [2.24, 2.45) is 0 Å². The van der Waals surface area contributed by atoms with Crippen molar-refractivity contribution >= 4 is 28.1 Å². The van der Waals surface area contributed by atoms with Crippen LogP contribution in [-0.2, 0) is 4.79 Å². The minimum absolute atomic E-state index is 0.0685. The Hall–Kier alpha value is -2.73. The van der Waals surface area contributed by atoms with Crippen LogP contribution in [0.15, 0.2) is 42.4 Å². The number of hydrogen-bond acceptors (Lipinski definition) is 5. The molecule has 3 rings (SSSR count). The Morgan fingerprint density at radius 2 is 2.04 bits per heavy atom. The van der Waals surface area contributed by atoms with Gasteiger partial charge in [-0.15, -0.1) is 0 Å². The normalized spacial score (nSPS) is 17.9. The van der Waals surface area contributed by atoms with Crippen molar-refractivity contribution in [3.63, 3.8) is 0 Å². The number of hydrogen-bond donors (Lipinski definition) is 3. The highest BCUT2D eigenvalue weighted by atomic mass is 16.3. The van der Waals surface area contributed by atoms with Gasteiger partial charge in [0.1, 0.15) is 5.82 Å². The number of rotatable bonds is 5. The molecule has 0 aromatic carbocycles. The molecular formula is C20H24N4O2. The van der Waals surface area contributed by atoms with Crippen LogP contribution in [0.5, 0.6) is 0 Å². The zero-order chi connectivity index (χ0) is 18.7. The second-order valence-electron chi connectivity index (χ2n) is 6.62. The van der Waals surface area contributed by atoms with Crippen LogP contribution >= 0.6 is 0 Å². The van der Waals surface area contributed by atoms with Gasteiger partial charge in [0.15, 0.2) is 0 Å². The molecule has 6 heteroatoms. The fourth-order valence-electron chi connectivity index (χ4n) is 3.11. The second kappa shape index (κ2) is 7.66. The van der Waals surface area contributed by atoms with Gasteiger partial charge in [0.25, 0.3) is 0 Å². The number of aliphatic hydroxyl groups excluding tert-OH is 1. The third-order valence-electron chi connectivity index (χ3n) is 4.46. The molecule has 1 aliphatic rings. The second-order valence-corrected chi connectivity index (χ2v) is 6.62. The van der Waals surface area contributed by atoms with E-state index in [1.54, 1.807) is 18.5 Å². The first-order chi connectivity index (χ1) is 12.5. The molecule has 3 N–H and O–H groups in total. The first-order valence-electron chi connectivity index (χ1n) is 8.84. The van der Waals surface area contributed by atoms with Crippen molar-refractivity contribution in [3.05, 3.63) is 48.1 Å². The summed E-state index contributed by atoms with van der Waals surface area (Å²) in [6, 6.07) is 3.72. The maximum Gasteiger partial charge on any atom is 0.222 e. The number of nitrogens with one attached hydrogen (secondary N) is 2. The lowest BCUT2D eigenvalue weighted by Crippen LogP contribution is -2.37. The van der Waals surface area contributed by atoms with Gasteiger partial charge in [-0.2, -0.15) is 0 Å². The molecule has 0 bridgehead atoms. The molecule has 0 saturated carbocycles. The lowest BCUT2D eigenvalue weighted by atomic mass is 9.95. The van der Waals surface area contributed by atoms with Gasteiger partial charge in [0, 0.05) is 41.9 Å². The van der Waals surface area contributed by atoms with Crippen molar-refractivity contribution in [2.75, 3.05) is 5.32 Å². The van der Waals surface area contributed by atoms with E-state index in [0.717, 1.165) is 40.5 Å². The summed E-state index contributed by atoms with van der Waals surface area (Å²) < 4.78 is 0. The van der Waals surface area contributed by atoms with Gasteiger partial charge in [-0.25, -0.2) is 4.98 Å². The number of nitrogens with zero attached hydrogens (tertiary/aromatic N) is 2. The number of aliphatic hydroxyl groups is 1. The number of carbonyl (C=O) groups excluding carboxylic acids is 1. The molecule has 0 saturated heterocycles. The van der Waals surface area contributed by atoms with Crippen molar-refractivity contribution in [2.45, 2.75) is 45.8 Å². The molecule has 136 valence electrons. The summed E-state index contributed by atoms with van der Waals surface area (Å²) in [5.74, 6) is 0.363. The van der Waals surface area contributed by atoms with Crippen LogP contribution in [0.25, 0.3) is 16.3 Å². The average Bonchev–Trinajstić information content (AvgIpc) is 2.61. The fourth-order valence-corrected chi connectivity index (χ4v) is 3.11. The smallest absolute Gasteiger partial charge is 0.222 e. The van der Waals surface area contributed by atoms with E-state index in [4.69, 9.17) is 0 Å². The summed E-state index contributed by atoms with van der Waals surface area (Å²) in [6.07, 6.45) is 8.81. The predicted octanol–water partition coefficient (Wildman–Crippen LogP) is 3.01. The van der Waals surface area contributed by atoms with Gasteiger partial charge in [-0.05, 0) is 31.1 Å². The molecule has 6 nitrogen and oxygen atoms in total. The molecule has 2 aromatic rings. The Balaban J connectivity index is 1.84. The molecule has 0 fully saturated rings. The third kappa shape index (κ3) is 3.91. The zero-order valence-corrected chi connectivity index (χ0v) is 15.3. The average molecular weight is 352 g/mol. The highest BCUT2D eigenvalue weighted by Crippen LogP contribution is 2.27. The van der Waals surface area contributed by atoms with Gasteiger partial charge < -0.3 is 15.7 Å². The minimum Gasteiger partial charge on any atom is -0.391 e. The highest BCUT2D eigenvalue weighted by molar-refractivity contribution is 5.92. The molecule has 0 spiro atoms. The van der Waals surface area contributed by atoms with Crippen LogP contribution in [0.1, 0.15) is 39.3 Å². The van der Waals surface area contributed by atoms with Crippen LogP contribution in [0, 0.1) is 0 Å². The van der Waals surface area contributed by atoms with Gasteiger partial charge in [-0.3, -0.25) is 9.78 Å². The molecule has 26 heavy (non-hydrogen) atoms. The van der Waals surface area contributed by atoms with Crippen LogP contribution in [0.2, 0.25) is 0 Å². The van der Waals surface area contributed by atoms with Gasteiger partial charge in [0.2, 0.25) is 5.91 Å². The number of amides is 1. The molecule has 1 aliphatic heterocycles. The van der Waals surface area contributed by atoms with E-state index < -0.39 is 6.10 Å². The molecular weight excluding hydrogens is 328 g/mol. The number of aromatic nitrogens is 2. The van der Waals surface area contributed by atoms with Gasteiger partial charge >= 0.3 is 0 Å². The van der Waals surface area contributed by atoms with E-state index in [2.05, 4.69) is 33.6 Å². The maximum atomic E-state index is 11.2. The molecule has 1 amide bonds. The molecule has 2 aromatic heterocycles. The van der Waals surface area contributed by atoms with Crippen LogP contribution < -0.4 is 10.6 Å². The number of fused-ring (bicyclic) bond motifs is 1. The standard InChI is InChI=1S/C20H24N4O2/c1-4-5-19(26)18-6-12(2)16(11-22-18)17-7-14-10-23-20(24-13(3)25)8-15(14)9-21-17/h6-11,18-19,22,26H,4-5H2,1-3H3,(H,23,24,25). The molecule has 2 unspecified atom stereocenters. The summed E-state index contributed by atoms with van der Waals surface area (Å²) in [5, 5.41) is 18.0. The Morgan fingerprint density at radius 3 is 2.73 bits per heavy atom. The monoisotopic (exact) mass is 352 g/mol. The predicted molar refractivity (Wildman–Crippen MR) is 103 cm³/mol. The lowest BCUT2D eigenvalue weighted by Gasteiger charge is -2.26. The van der Waals surface area contributed by atoms with Crippen molar-refractivity contribution < 1.29 is 9.90 Å². The summed E-state index contributed by atoms with van der Waals surface area (Å²) in [6.45, 7) is 5.55. The van der Waals surface area contributed by atoms with Crippen LogP contribution in [0.4, 0.5) is 5.82 Å². The van der Waals surface area contributed by atoms with Crippen LogP contribution in [0.3, 0.4) is 0 Å². The number of allylic oxidation sites excluding steroid dienone is 2. The number of pyridine rings is 2. The number of anilines is 1. The summed E-state index contributed by atoms with van der Waals surface area (Å²) in [5.41, 5.74) is 2.92. The van der Waals surface area contributed by atoms with E-state index >= 15 is 0 Å². The van der Waals surface area contributed by atoms with Gasteiger partial charge in [-0.1, -0.05) is 19.4 Å². The third-order valence-corrected chi connectivity index (χ3v) is 4.46. The lowest BCUT2D eigenvalue weighted by molar-refractivity contribution is -0.114. The summed E-state index contributed by atoms with van der Waals surface area (Å²) in [7, 11) is 0. The Bertz CT molecular complexity index is 889. The topological polar surface area (TPSA) is 87.1 Å². The van der Waals surface area contributed by atoms with Crippen molar-refractivity contribution in [1.29, 1.82) is 0 Å². The van der Waals surface area contributed by atoms with E-state index in [9.17, 15) is 9.90 Å². The Labute approximate surface area is 153 Å². The zero-order valence-electron chi connectivity index (χ0n) is 15.3. The van der Waals surface area contributed by atoms with Crippen molar-refractivity contribution in [3.8, 4) is 0 Å². The molecule has 3 heterocycles. The largest absolute Gasteiger partial charge is 0.391 e. The van der Waals surface area contributed by atoms with Crippen LogP contribution in [-0.4, -0.2) is 33.1 Å². The Kier molecular flexibility index (Phi) is 5.32. The van der Waals surface area contributed by atoms with E-state index in [1.807, 2.05) is 19.2 Å². The van der Waals surface area contributed by atoms with Crippen molar-refractivity contribution in [1.82, 2.24) is 15.3 Å². The minimum atomic E-state index is -0.395. The first-order valence-corrected chi connectivity index (χ1v) is 8.84. The van der Waals surface area contributed by atoms with E-state index in [-0.39, 0.29) is 11.9 Å². The summed E-state index contributed by atoms with van der Waals surface area (Å²) in [4.78, 5) is 20.0. The SMILES string of the molecule is CCCC(O)C1C=C(C)C(c2cc3cnc(NC(C)=O)cc3cn2)=CN1. The van der Waals surface area contributed by atoms with E-state index in [1.165, 1.54) is 6.92 Å². The van der Waals surface area contributed by atoms with E-state index in [0.29, 0.717) is 5.82 Å². The molecule has 0 aliphatic carbocycles. The highest BCUT2D eigenvalue weighted by Gasteiger charge is 2.20.